The molecule has 0 saturated carbocycles. The number of carbonyl (C=O) groups excluding carboxylic acids is 2. The van der Waals surface area contributed by atoms with E-state index in [9.17, 15) is 9.59 Å². The lowest BCUT2D eigenvalue weighted by Crippen LogP contribution is -2.14. The molecule has 3 rings (SSSR count). The summed E-state index contributed by atoms with van der Waals surface area (Å²) in [6.45, 7) is 1.50. The van der Waals surface area contributed by atoms with Crippen LogP contribution in [0.4, 0.5) is 0 Å². The zero-order chi connectivity index (χ0) is 17.8. The van der Waals surface area contributed by atoms with Crippen LogP contribution in [0.2, 0.25) is 5.02 Å². The zero-order valence-electron chi connectivity index (χ0n) is 13.4. The molecule has 25 heavy (non-hydrogen) atoms. The zero-order valence-corrected chi connectivity index (χ0v) is 14.9. The fourth-order valence-corrected chi connectivity index (χ4v) is 3.23. The van der Waals surface area contributed by atoms with Crippen LogP contribution in [-0.4, -0.2) is 23.3 Å². The summed E-state index contributed by atoms with van der Waals surface area (Å²) in [4.78, 5) is 29.3. The molecule has 0 aliphatic rings. The highest BCUT2D eigenvalue weighted by molar-refractivity contribution is 7.14. The Morgan fingerprint density at radius 1 is 1.08 bits per heavy atom. The van der Waals surface area contributed by atoms with Gasteiger partial charge in [0.05, 0.1) is 10.7 Å². The molecule has 1 heterocycles. The minimum absolute atomic E-state index is 0.285. The van der Waals surface area contributed by atoms with E-state index in [0.717, 1.165) is 10.6 Å². The number of carbonyl (C=O) groups is 2. The summed E-state index contributed by atoms with van der Waals surface area (Å²) in [5.41, 5.74) is 1.86. The summed E-state index contributed by atoms with van der Waals surface area (Å²) >= 11 is 7.05. The maximum Gasteiger partial charge on any atom is 0.351 e. The Labute approximate surface area is 154 Å². The van der Waals surface area contributed by atoms with E-state index in [1.54, 1.807) is 24.3 Å². The van der Waals surface area contributed by atoms with Crippen molar-refractivity contribution in [3.63, 3.8) is 0 Å². The third-order valence-corrected chi connectivity index (χ3v) is 4.67. The van der Waals surface area contributed by atoms with E-state index < -0.39 is 5.97 Å². The van der Waals surface area contributed by atoms with Gasteiger partial charge in [-0.2, -0.15) is 0 Å². The molecule has 3 aromatic rings. The normalized spacial score (nSPS) is 10.5. The number of ether oxygens (including phenoxy) is 1. The van der Waals surface area contributed by atoms with Gasteiger partial charge in [0, 0.05) is 16.1 Å². The third kappa shape index (κ3) is 4.13. The molecule has 126 valence electrons. The number of aryl methyl sites for hydroxylation is 1. The van der Waals surface area contributed by atoms with Crippen molar-refractivity contribution in [2.45, 2.75) is 6.92 Å². The molecule has 0 N–H and O–H groups in total. The van der Waals surface area contributed by atoms with Gasteiger partial charge in [0.2, 0.25) is 0 Å². The van der Waals surface area contributed by atoms with Gasteiger partial charge in [0.1, 0.15) is 4.88 Å². The maximum absolute atomic E-state index is 12.4. The first kappa shape index (κ1) is 17.3. The molecule has 0 amide bonds. The Balaban J connectivity index is 1.74. The molecule has 0 saturated heterocycles. The standard InChI is InChI=1S/C19H14ClNO3S/c1-12-21-17(14-5-3-2-4-6-14)18(25-12)19(23)24-11-16(22)13-7-9-15(20)10-8-13/h2-10H,11H2,1H3. The largest absolute Gasteiger partial charge is 0.453 e. The highest BCUT2D eigenvalue weighted by Crippen LogP contribution is 2.28. The van der Waals surface area contributed by atoms with Gasteiger partial charge in [0.25, 0.3) is 0 Å². The summed E-state index contributed by atoms with van der Waals surface area (Å²) < 4.78 is 5.20. The molecule has 2 aromatic carbocycles. The number of hydrogen-bond donors (Lipinski definition) is 0. The molecule has 0 fully saturated rings. The quantitative estimate of drug-likeness (QED) is 0.477. The SMILES string of the molecule is Cc1nc(-c2ccccc2)c(C(=O)OCC(=O)c2ccc(Cl)cc2)s1. The lowest BCUT2D eigenvalue weighted by atomic mass is 10.1. The average molecular weight is 372 g/mol. The van der Waals surface area contributed by atoms with Crippen molar-refractivity contribution in [3.05, 3.63) is 75.1 Å². The van der Waals surface area contributed by atoms with Crippen molar-refractivity contribution < 1.29 is 14.3 Å². The fourth-order valence-electron chi connectivity index (χ4n) is 2.27. The van der Waals surface area contributed by atoms with Crippen LogP contribution >= 0.6 is 22.9 Å². The summed E-state index contributed by atoms with van der Waals surface area (Å²) in [6.07, 6.45) is 0. The first-order valence-corrected chi connectivity index (χ1v) is 8.73. The summed E-state index contributed by atoms with van der Waals surface area (Å²) in [6, 6.07) is 15.9. The van der Waals surface area contributed by atoms with Crippen molar-refractivity contribution in [2.24, 2.45) is 0 Å². The molecule has 0 spiro atoms. The number of nitrogens with zero attached hydrogens (tertiary/aromatic N) is 1. The van der Waals surface area contributed by atoms with E-state index in [-0.39, 0.29) is 12.4 Å². The summed E-state index contributed by atoms with van der Waals surface area (Å²) in [5.74, 6) is -0.834. The van der Waals surface area contributed by atoms with E-state index in [1.165, 1.54) is 11.3 Å². The number of hydrogen-bond acceptors (Lipinski definition) is 5. The van der Waals surface area contributed by atoms with Crippen molar-refractivity contribution in [3.8, 4) is 11.3 Å². The molecule has 0 unspecified atom stereocenters. The van der Waals surface area contributed by atoms with Gasteiger partial charge in [-0.1, -0.05) is 41.9 Å². The molecular weight excluding hydrogens is 358 g/mol. The minimum atomic E-state index is -0.549. The monoisotopic (exact) mass is 371 g/mol. The van der Waals surface area contributed by atoms with Crippen LogP contribution in [0.5, 0.6) is 0 Å². The molecule has 0 aliphatic carbocycles. The van der Waals surface area contributed by atoms with E-state index >= 15 is 0 Å². The molecular formula is C19H14ClNO3S. The van der Waals surface area contributed by atoms with Crippen molar-refractivity contribution in [1.29, 1.82) is 0 Å². The Kier molecular flexibility index (Phi) is 5.26. The second-order valence-electron chi connectivity index (χ2n) is 5.28. The highest BCUT2D eigenvalue weighted by Gasteiger charge is 2.20. The number of ketones is 1. The Morgan fingerprint density at radius 2 is 1.76 bits per heavy atom. The summed E-state index contributed by atoms with van der Waals surface area (Å²) in [7, 11) is 0. The fraction of sp³-hybridized carbons (Fsp3) is 0.105. The Hall–Kier alpha value is -2.50. The Morgan fingerprint density at radius 3 is 2.44 bits per heavy atom. The van der Waals surface area contributed by atoms with Gasteiger partial charge < -0.3 is 4.74 Å². The van der Waals surface area contributed by atoms with Crippen molar-refractivity contribution in [1.82, 2.24) is 4.98 Å². The van der Waals surface area contributed by atoms with E-state index in [1.807, 2.05) is 37.3 Å². The number of Topliss-reactive ketones (excluding diaryl/α,β-unsaturated/α-hetero) is 1. The first-order chi connectivity index (χ1) is 12.0. The van der Waals surface area contributed by atoms with Crippen LogP contribution in [0.3, 0.4) is 0 Å². The van der Waals surface area contributed by atoms with Crippen LogP contribution in [-0.2, 0) is 4.74 Å². The van der Waals surface area contributed by atoms with Crippen LogP contribution in [0.15, 0.2) is 54.6 Å². The van der Waals surface area contributed by atoms with Crippen LogP contribution < -0.4 is 0 Å². The van der Waals surface area contributed by atoms with E-state index in [2.05, 4.69) is 4.98 Å². The number of esters is 1. The third-order valence-electron chi connectivity index (χ3n) is 3.47. The molecule has 0 bridgehead atoms. The molecule has 6 heteroatoms. The Bertz CT molecular complexity index is 904. The van der Waals surface area contributed by atoms with Gasteiger partial charge in [-0.05, 0) is 31.2 Å². The van der Waals surface area contributed by atoms with Crippen molar-refractivity contribution in [2.75, 3.05) is 6.61 Å². The van der Waals surface area contributed by atoms with Gasteiger partial charge in [-0.3, -0.25) is 4.79 Å². The number of aromatic nitrogens is 1. The van der Waals surface area contributed by atoms with Crippen LogP contribution in [0.1, 0.15) is 25.0 Å². The van der Waals surface area contributed by atoms with Gasteiger partial charge in [-0.25, -0.2) is 9.78 Å². The molecule has 0 atom stereocenters. The molecule has 0 radical (unpaired) electrons. The molecule has 1 aromatic heterocycles. The number of rotatable bonds is 5. The summed E-state index contributed by atoms with van der Waals surface area (Å²) in [5, 5.41) is 1.30. The minimum Gasteiger partial charge on any atom is -0.453 e. The van der Waals surface area contributed by atoms with Gasteiger partial charge >= 0.3 is 5.97 Å². The second-order valence-corrected chi connectivity index (χ2v) is 6.92. The lowest BCUT2D eigenvalue weighted by Gasteiger charge is -2.05. The van der Waals surface area contributed by atoms with E-state index in [4.69, 9.17) is 16.3 Å². The van der Waals surface area contributed by atoms with Gasteiger partial charge in [-0.15, -0.1) is 11.3 Å². The molecule has 0 aliphatic heterocycles. The topological polar surface area (TPSA) is 56.3 Å². The number of halogens is 1. The lowest BCUT2D eigenvalue weighted by molar-refractivity contribution is 0.0480. The van der Waals surface area contributed by atoms with E-state index in [0.29, 0.717) is 21.2 Å². The average Bonchev–Trinajstić information content (AvgIpc) is 3.02. The number of benzene rings is 2. The predicted molar refractivity (Wildman–Crippen MR) is 98.4 cm³/mol. The maximum atomic E-state index is 12.4. The van der Waals surface area contributed by atoms with Crippen LogP contribution in [0.25, 0.3) is 11.3 Å². The number of thiazole rings is 1. The van der Waals surface area contributed by atoms with Crippen molar-refractivity contribution >= 4 is 34.7 Å². The van der Waals surface area contributed by atoms with Gasteiger partial charge in [0.15, 0.2) is 12.4 Å². The van der Waals surface area contributed by atoms with Crippen LogP contribution in [0, 0.1) is 6.92 Å². The second kappa shape index (κ2) is 7.59. The predicted octanol–water partition coefficient (Wildman–Crippen LogP) is 4.81. The smallest absolute Gasteiger partial charge is 0.351 e. The molecule has 4 nitrogen and oxygen atoms in total. The highest BCUT2D eigenvalue weighted by atomic mass is 35.5. The first-order valence-electron chi connectivity index (χ1n) is 7.53.